The zero-order valence-corrected chi connectivity index (χ0v) is 11.4. The van der Waals surface area contributed by atoms with Crippen LogP contribution in [0, 0.1) is 0 Å². The maximum Gasteiger partial charge on any atom is 0.254 e. The number of carbonyl (C=O) groups is 1. The molecule has 1 N–H and O–H groups in total. The molecule has 0 aliphatic carbocycles. The summed E-state index contributed by atoms with van der Waals surface area (Å²) in [6.45, 7) is 1.25. The number of rotatable bonds is 3. The fourth-order valence-electron chi connectivity index (χ4n) is 2.31. The molecule has 1 amide bonds. The molecule has 0 saturated heterocycles. The summed E-state index contributed by atoms with van der Waals surface area (Å²) >= 11 is 1.31. The second kappa shape index (κ2) is 4.97. The predicted octanol–water partition coefficient (Wildman–Crippen LogP) is 1.78. The number of nitrogens with one attached hydrogen (secondary N) is 1. The van der Waals surface area contributed by atoms with Crippen molar-refractivity contribution in [3.63, 3.8) is 0 Å². The molecule has 5 nitrogen and oxygen atoms in total. The maximum absolute atomic E-state index is 12.4. The number of hydrogen-bond acceptors (Lipinski definition) is 5. The second-order valence-corrected chi connectivity index (χ2v) is 5.19. The van der Waals surface area contributed by atoms with Gasteiger partial charge in [-0.1, -0.05) is 22.7 Å². The number of benzene rings is 1. The predicted molar refractivity (Wildman–Crippen MR) is 74.3 cm³/mol. The molecule has 98 valence electrons. The standard InChI is InChI=1S/C13H14N4OS/c1-14-12-11(15-16-19-12)8-17-7-6-9-4-2-3-5-10(9)13(17)18/h2-5,14H,6-8H2,1H3. The van der Waals surface area contributed by atoms with Crippen molar-refractivity contribution in [2.75, 3.05) is 18.9 Å². The normalized spacial score (nSPS) is 14.4. The molecule has 0 bridgehead atoms. The molecule has 2 aromatic rings. The first-order valence-electron chi connectivity index (χ1n) is 6.15. The molecule has 0 saturated carbocycles. The summed E-state index contributed by atoms with van der Waals surface area (Å²) in [5, 5.41) is 8.06. The molecule has 1 aromatic heterocycles. The number of amides is 1. The fraction of sp³-hybridized carbons (Fsp3) is 0.308. The van der Waals surface area contributed by atoms with Crippen LogP contribution in [0.2, 0.25) is 0 Å². The molecule has 6 heteroatoms. The Morgan fingerprint density at radius 2 is 2.26 bits per heavy atom. The van der Waals surface area contributed by atoms with Crippen molar-refractivity contribution in [3.05, 3.63) is 41.1 Å². The summed E-state index contributed by atoms with van der Waals surface area (Å²) in [6.07, 6.45) is 0.897. The highest BCUT2D eigenvalue weighted by Gasteiger charge is 2.25. The fourth-order valence-corrected chi connectivity index (χ4v) is 2.83. The van der Waals surface area contributed by atoms with Gasteiger partial charge in [-0.3, -0.25) is 4.79 Å². The number of anilines is 1. The molecule has 19 heavy (non-hydrogen) atoms. The third kappa shape index (κ3) is 2.19. The van der Waals surface area contributed by atoms with E-state index in [2.05, 4.69) is 14.9 Å². The largest absolute Gasteiger partial charge is 0.377 e. The lowest BCUT2D eigenvalue weighted by molar-refractivity contribution is 0.0725. The number of aromatic nitrogens is 2. The average Bonchev–Trinajstić information content (AvgIpc) is 2.89. The highest BCUT2D eigenvalue weighted by Crippen LogP contribution is 2.23. The van der Waals surface area contributed by atoms with Gasteiger partial charge in [-0.25, -0.2) is 0 Å². The molecule has 0 atom stereocenters. The van der Waals surface area contributed by atoms with Crippen molar-refractivity contribution in [3.8, 4) is 0 Å². The van der Waals surface area contributed by atoms with Crippen molar-refractivity contribution < 1.29 is 4.79 Å². The van der Waals surface area contributed by atoms with Gasteiger partial charge in [-0.15, -0.1) is 5.10 Å². The molecular weight excluding hydrogens is 260 g/mol. The van der Waals surface area contributed by atoms with Gasteiger partial charge in [0.2, 0.25) is 0 Å². The van der Waals surface area contributed by atoms with E-state index in [0.717, 1.165) is 34.8 Å². The minimum absolute atomic E-state index is 0.0805. The maximum atomic E-state index is 12.4. The Balaban J connectivity index is 1.83. The van der Waals surface area contributed by atoms with Crippen LogP contribution in [0.15, 0.2) is 24.3 Å². The van der Waals surface area contributed by atoms with Crippen LogP contribution in [0.25, 0.3) is 0 Å². The van der Waals surface area contributed by atoms with E-state index in [4.69, 9.17) is 0 Å². The van der Waals surface area contributed by atoms with Crippen LogP contribution < -0.4 is 5.32 Å². The smallest absolute Gasteiger partial charge is 0.254 e. The van der Waals surface area contributed by atoms with Crippen LogP contribution in [-0.4, -0.2) is 34.0 Å². The first-order valence-corrected chi connectivity index (χ1v) is 6.93. The molecule has 2 heterocycles. The molecule has 1 aliphatic heterocycles. The Hall–Kier alpha value is -1.95. The Morgan fingerprint density at radius 3 is 3.11 bits per heavy atom. The van der Waals surface area contributed by atoms with Gasteiger partial charge in [0.15, 0.2) is 0 Å². The van der Waals surface area contributed by atoms with Crippen LogP contribution in [0.5, 0.6) is 0 Å². The molecule has 0 fully saturated rings. The van der Waals surface area contributed by atoms with E-state index in [-0.39, 0.29) is 5.91 Å². The van der Waals surface area contributed by atoms with E-state index in [1.54, 1.807) is 0 Å². The van der Waals surface area contributed by atoms with Gasteiger partial charge in [0.05, 0.1) is 6.54 Å². The van der Waals surface area contributed by atoms with Crippen LogP contribution in [-0.2, 0) is 13.0 Å². The van der Waals surface area contributed by atoms with Gasteiger partial charge >= 0.3 is 0 Å². The summed E-state index contributed by atoms with van der Waals surface area (Å²) in [7, 11) is 1.84. The average molecular weight is 274 g/mol. The van der Waals surface area contributed by atoms with Crippen LogP contribution >= 0.6 is 11.5 Å². The Labute approximate surface area is 115 Å². The minimum atomic E-state index is 0.0805. The van der Waals surface area contributed by atoms with Crippen molar-refractivity contribution in [1.29, 1.82) is 0 Å². The van der Waals surface area contributed by atoms with Crippen LogP contribution in [0.4, 0.5) is 5.00 Å². The SMILES string of the molecule is CNc1snnc1CN1CCc2ccccc2C1=O. The summed E-state index contributed by atoms with van der Waals surface area (Å²) in [6, 6.07) is 7.80. The van der Waals surface area contributed by atoms with Crippen molar-refractivity contribution in [2.24, 2.45) is 0 Å². The number of fused-ring (bicyclic) bond motifs is 1. The molecule has 3 rings (SSSR count). The van der Waals surface area contributed by atoms with Gasteiger partial charge in [0.25, 0.3) is 5.91 Å². The Morgan fingerprint density at radius 1 is 1.42 bits per heavy atom. The quantitative estimate of drug-likeness (QED) is 0.927. The zero-order chi connectivity index (χ0) is 13.2. The van der Waals surface area contributed by atoms with Crippen LogP contribution in [0.3, 0.4) is 0 Å². The first kappa shape index (κ1) is 12.1. The lowest BCUT2D eigenvalue weighted by atomic mass is 9.99. The highest BCUT2D eigenvalue weighted by molar-refractivity contribution is 7.10. The first-order chi connectivity index (χ1) is 9.29. The van der Waals surface area contributed by atoms with Gasteiger partial charge in [-0.2, -0.15) is 0 Å². The van der Waals surface area contributed by atoms with E-state index in [9.17, 15) is 4.79 Å². The lowest BCUT2D eigenvalue weighted by Crippen LogP contribution is -2.37. The minimum Gasteiger partial charge on any atom is -0.377 e. The van der Waals surface area contributed by atoms with E-state index >= 15 is 0 Å². The zero-order valence-electron chi connectivity index (χ0n) is 10.6. The third-order valence-electron chi connectivity index (χ3n) is 3.31. The van der Waals surface area contributed by atoms with Crippen molar-refractivity contribution in [2.45, 2.75) is 13.0 Å². The Bertz CT molecular complexity index is 610. The summed E-state index contributed by atoms with van der Waals surface area (Å²) in [5.41, 5.74) is 2.78. The molecule has 0 unspecified atom stereocenters. The highest BCUT2D eigenvalue weighted by atomic mass is 32.1. The van der Waals surface area contributed by atoms with E-state index in [1.807, 2.05) is 36.2 Å². The second-order valence-electron chi connectivity index (χ2n) is 4.43. The number of carbonyl (C=O) groups excluding carboxylic acids is 1. The molecular formula is C13H14N4OS. The van der Waals surface area contributed by atoms with E-state index < -0.39 is 0 Å². The van der Waals surface area contributed by atoms with Crippen LogP contribution in [0.1, 0.15) is 21.6 Å². The molecule has 0 radical (unpaired) electrons. The van der Waals surface area contributed by atoms with Gasteiger partial charge in [-0.05, 0) is 18.1 Å². The van der Waals surface area contributed by atoms with Crippen molar-refractivity contribution in [1.82, 2.24) is 14.5 Å². The number of nitrogens with zero attached hydrogens (tertiary/aromatic N) is 3. The molecule has 0 spiro atoms. The monoisotopic (exact) mass is 274 g/mol. The van der Waals surface area contributed by atoms with Gasteiger partial charge < -0.3 is 10.2 Å². The summed E-state index contributed by atoms with van der Waals surface area (Å²) in [5.74, 6) is 0.0805. The summed E-state index contributed by atoms with van der Waals surface area (Å²) in [4.78, 5) is 14.2. The van der Waals surface area contributed by atoms with Gasteiger partial charge in [0, 0.05) is 30.7 Å². The molecule has 1 aromatic carbocycles. The van der Waals surface area contributed by atoms with E-state index in [0.29, 0.717) is 6.54 Å². The number of hydrogen-bond donors (Lipinski definition) is 1. The lowest BCUT2D eigenvalue weighted by Gasteiger charge is -2.28. The topological polar surface area (TPSA) is 58.1 Å². The third-order valence-corrected chi connectivity index (χ3v) is 4.10. The van der Waals surface area contributed by atoms with Crippen molar-refractivity contribution >= 4 is 22.4 Å². The summed E-state index contributed by atoms with van der Waals surface area (Å²) < 4.78 is 3.92. The van der Waals surface area contributed by atoms with Gasteiger partial charge in [0.1, 0.15) is 10.7 Å². The Kier molecular flexibility index (Phi) is 3.16. The van der Waals surface area contributed by atoms with E-state index in [1.165, 1.54) is 11.5 Å². The molecule has 1 aliphatic rings.